The van der Waals surface area contributed by atoms with Crippen molar-refractivity contribution in [3.63, 3.8) is 0 Å². The van der Waals surface area contributed by atoms with E-state index < -0.39 is 0 Å². The molecule has 14 heavy (non-hydrogen) atoms. The molecule has 0 saturated heterocycles. The molecule has 0 bridgehead atoms. The van der Waals surface area contributed by atoms with Gasteiger partial charge in [-0.25, -0.2) is 4.98 Å². The molecule has 0 radical (unpaired) electrons. The zero-order valence-corrected chi connectivity index (χ0v) is 8.18. The van der Waals surface area contributed by atoms with Crippen LogP contribution in [0, 0.1) is 0 Å². The Bertz CT molecular complexity index is 418. The van der Waals surface area contributed by atoms with Crippen molar-refractivity contribution in [2.45, 2.75) is 44.4 Å². The summed E-state index contributed by atoms with van der Waals surface area (Å²) in [4.78, 5) is 19.2. The number of aryl methyl sites for hydroxylation is 1. The van der Waals surface area contributed by atoms with E-state index in [1.165, 1.54) is 19.3 Å². The largest absolute Gasteiger partial charge is 0.310 e. The Hall–Kier alpha value is -1.12. The third-order valence-electron chi connectivity index (χ3n) is 3.17. The average Bonchev–Trinajstić information content (AvgIpc) is 3.01. The van der Waals surface area contributed by atoms with Crippen LogP contribution in [0.1, 0.15) is 48.7 Å². The van der Waals surface area contributed by atoms with E-state index in [1.54, 1.807) is 0 Å². The van der Waals surface area contributed by atoms with Crippen molar-refractivity contribution in [2.24, 2.45) is 0 Å². The van der Waals surface area contributed by atoms with E-state index >= 15 is 0 Å². The number of hydrogen-bond acceptors (Lipinski definition) is 2. The van der Waals surface area contributed by atoms with Crippen molar-refractivity contribution in [2.75, 3.05) is 0 Å². The van der Waals surface area contributed by atoms with E-state index in [4.69, 9.17) is 0 Å². The first-order valence-electron chi connectivity index (χ1n) is 5.46. The predicted molar refractivity (Wildman–Crippen MR) is 53.5 cm³/mol. The molecule has 1 heterocycles. The molecule has 0 amide bonds. The van der Waals surface area contributed by atoms with E-state index in [2.05, 4.69) is 9.97 Å². The smallest absolute Gasteiger partial charge is 0.254 e. The number of nitrogens with one attached hydrogen (secondary N) is 1. The molecule has 1 aromatic rings. The lowest BCUT2D eigenvalue weighted by Gasteiger charge is -2.14. The highest BCUT2D eigenvalue weighted by Crippen LogP contribution is 2.37. The molecule has 2 aliphatic rings. The van der Waals surface area contributed by atoms with Crippen LogP contribution in [0.5, 0.6) is 0 Å². The number of aromatic nitrogens is 2. The minimum atomic E-state index is 0.122. The van der Waals surface area contributed by atoms with Gasteiger partial charge in [-0.15, -0.1) is 0 Å². The van der Waals surface area contributed by atoms with Gasteiger partial charge in [0.1, 0.15) is 5.82 Å². The van der Waals surface area contributed by atoms with Crippen LogP contribution in [0.15, 0.2) is 4.79 Å². The standard InChI is InChI=1S/C11H14N2O/c14-11-8-3-1-2-4-9(8)12-10(13-11)7-5-6-7/h7H,1-6H2,(H,12,13,14). The molecule has 3 rings (SSSR count). The fraction of sp³-hybridized carbons (Fsp3) is 0.636. The highest BCUT2D eigenvalue weighted by atomic mass is 16.1. The Labute approximate surface area is 82.6 Å². The maximum atomic E-state index is 11.7. The Kier molecular flexibility index (Phi) is 1.72. The SMILES string of the molecule is O=c1[nH]c(C2CC2)nc2c1CCCC2. The number of aromatic amines is 1. The van der Waals surface area contributed by atoms with E-state index in [0.29, 0.717) is 5.92 Å². The zero-order valence-electron chi connectivity index (χ0n) is 8.18. The summed E-state index contributed by atoms with van der Waals surface area (Å²) in [6, 6.07) is 0. The minimum absolute atomic E-state index is 0.122. The van der Waals surface area contributed by atoms with Crippen LogP contribution in [-0.2, 0) is 12.8 Å². The number of fused-ring (bicyclic) bond motifs is 1. The van der Waals surface area contributed by atoms with Crippen LogP contribution in [-0.4, -0.2) is 9.97 Å². The molecule has 0 unspecified atom stereocenters. The third-order valence-corrected chi connectivity index (χ3v) is 3.17. The van der Waals surface area contributed by atoms with Crippen molar-refractivity contribution in [3.8, 4) is 0 Å². The summed E-state index contributed by atoms with van der Waals surface area (Å²) in [6.45, 7) is 0. The monoisotopic (exact) mass is 190 g/mol. The van der Waals surface area contributed by atoms with Crippen molar-refractivity contribution >= 4 is 0 Å². The highest BCUT2D eigenvalue weighted by molar-refractivity contribution is 5.22. The molecule has 0 atom stereocenters. The molecule has 0 aromatic carbocycles. The first-order valence-corrected chi connectivity index (χ1v) is 5.46. The van der Waals surface area contributed by atoms with E-state index in [1.807, 2.05) is 0 Å². The molecule has 74 valence electrons. The molecule has 2 aliphatic carbocycles. The van der Waals surface area contributed by atoms with Crippen LogP contribution < -0.4 is 5.56 Å². The Balaban J connectivity index is 2.11. The predicted octanol–water partition coefficient (Wildman–Crippen LogP) is 1.53. The van der Waals surface area contributed by atoms with Crippen LogP contribution in [0.3, 0.4) is 0 Å². The topological polar surface area (TPSA) is 45.8 Å². The molecule has 0 spiro atoms. The highest BCUT2D eigenvalue weighted by Gasteiger charge is 2.27. The van der Waals surface area contributed by atoms with Crippen molar-refractivity contribution in [3.05, 3.63) is 27.4 Å². The molecule has 3 nitrogen and oxygen atoms in total. The van der Waals surface area contributed by atoms with E-state index in [0.717, 1.165) is 36.3 Å². The first-order chi connectivity index (χ1) is 6.84. The summed E-state index contributed by atoms with van der Waals surface area (Å²) in [7, 11) is 0. The normalized spacial score (nSPS) is 20.6. The summed E-state index contributed by atoms with van der Waals surface area (Å²) >= 11 is 0. The first kappa shape index (κ1) is 8.21. The lowest BCUT2D eigenvalue weighted by atomic mass is 9.97. The Morgan fingerprint density at radius 3 is 2.79 bits per heavy atom. The number of rotatable bonds is 1. The second-order valence-electron chi connectivity index (χ2n) is 4.36. The summed E-state index contributed by atoms with van der Waals surface area (Å²) in [5.41, 5.74) is 2.14. The maximum Gasteiger partial charge on any atom is 0.254 e. The lowest BCUT2D eigenvalue weighted by molar-refractivity contribution is 0.646. The summed E-state index contributed by atoms with van der Waals surface area (Å²) < 4.78 is 0. The fourth-order valence-electron chi connectivity index (χ4n) is 2.17. The van der Waals surface area contributed by atoms with Gasteiger partial charge >= 0.3 is 0 Å². The van der Waals surface area contributed by atoms with E-state index in [-0.39, 0.29) is 5.56 Å². The zero-order chi connectivity index (χ0) is 9.54. The third kappa shape index (κ3) is 1.27. The molecular formula is C11H14N2O. The van der Waals surface area contributed by atoms with Gasteiger partial charge in [0, 0.05) is 11.5 Å². The fourth-order valence-corrected chi connectivity index (χ4v) is 2.17. The molecule has 3 heteroatoms. The second kappa shape index (κ2) is 2.94. The van der Waals surface area contributed by atoms with E-state index in [9.17, 15) is 4.79 Å². The second-order valence-corrected chi connectivity index (χ2v) is 4.36. The van der Waals surface area contributed by atoms with Crippen molar-refractivity contribution in [1.29, 1.82) is 0 Å². The van der Waals surface area contributed by atoms with Gasteiger partial charge in [-0.05, 0) is 38.5 Å². The number of H-pyrrole nitrogens is 1. The minimum Gasteiger partial charge on any atom is -0.310 e. The van der Waals surface area contributed by atoms with Gasteiger partial charge in [-0.2, -0.15) is 0 Å². The summed E-state index contributed by atoms with van der Waals surface area (Å²) in [5.74, 6) is 1.49. The van der Waals surface area contributed by atoms with Gasteiger partial charge < -0.3 is 4.98 Å². The van der Waals surface area contributed by atoms with Gasteiger partial charge in [0.05, 0.1) is 5.69 Å². The summed E-state index contributed by atoms with van der Waals surface area (Å²) in [5, 5.41) is 0. The van der Waals surface area contributed by atoms with Gasteiger partial charge in [0.15, 0.2) is 0 Å². The molecule has 0 aliphatic heterocycles. The molecule has 1 fully saturated rings. The van der Waals surface area contributed by atoms with Crippen LogP contribution in [0.2, 0.25) is 0 Å². The number of nitrogens with zero attached hydrogens (tertiary/aromatic N) is 1. The van der Waals surface area contributed by atoms with Gasteiger partial charge in [0.25, 0.3) is 5.56 Å². The van der Waals surface area contributed by atoms with Gasteiger partial charge in [-0.3, -0.25) is 4.79 Å². The Morgan fingerprint density at radius 1 is 1.21 bits per heavy atom. The molecule has 1 N–H and O–H groups in total. The molecule has 1 aromatic heterocycles. The molecule has 1 saturated carbocycles. The van der Waals surface area contributed by atoms with Crippen molar-refractivity contribution < 1.29 is 0 Å². The maximum absolute atomic E-state index is 11.7. The number of hydrogen-bond donors (Lipinski definition) is 1. The quantitative estimate of drug-likeness (QED) is 0.729. The Morgan fingerprint density at radius 2 is 2.00 bits per heavy atom. The molecular weight excluding hydrogens is 176 g/mol. The van der Waals surface area contributed by atoms with Gasteiger partial charge in [0.2, 0.25) is 0 Å². The summed E-state index contributed by atoms with van der Waals surface area (Å²) in [6.07, 6.45) is 6.64. The van der Waals surface area contributed by atoms with Gasteiger partial charge in [-0.1, -0.05) is 0 Å². The van der Waals surface area contributed by atoms with Crippen LogP contribution >= 0.6 is 0 Å². The lowest BCUT2D eigenvalue weighted by Crippen LogP contribution is -2.22. The average molecular weight is 190 g/mol. The van der Waals surface area contributed by atoms with Crippen LogP contribution in [0.4, 0.5) is 0 Å². The van der Waals surface area contributed by atoms with Crippen LogP contribution in [0.25, 0.3) is 0 Å². The van der Waals surface area contributed by atoms with Crippen molar-refractivity contribution in [1.82, 2.24) is 9.97 Å².